The van der Waals surface area contributed by atoms with Gasteiger partial charge in [0.05, 0.1) is 11.7 Å². The Morgan fingerprint density at radius 1 is 1.28 bits per heavy atom. The molecular weight excluding hydrogens is 258 g/mol. The number of carboxylic acid groups (broad SMARTS) is 1. The molecule has 0 aliphatic heterocycles. The molecule has 2 atom stereocenters. The van der Waals surface area contributed by atoms with Gasteiger partial charge in [-0.05, 0) is 13.3 Å². The maximum absolute atomic E-state index is 11.6. The summed E-state index contributed by atoms with van der Waals surface area (Å²) in [6, 6.07) is -0.0744. The van der Waals surface area contributed by atoms with Crippen molar-refractivity contribution in [2.45, 2.75) is 39.7 Å². The van der Waals surface area contributed by atoms with E-state index in [-0.39, 0.29) is 6.04 Å². The van der Waals surface area contributed by atoms with Gasteiger partial charge in [0.15, 0.2) is 9.84 Å². The molecule has 1 amide bonds. The summed E-state index contributed by atoms with van der Waals surface area (Å²) in [6.07, 6.45) is 1.67. The Balaban J connectivity index is 4.32. The summed E-state index contributed by atoms with van der Waals surface area (Å²) in [6.45, 7) is 5.07. The van der Waals surface area contributed by atoms with Gasteiger partial charge in [-0.2, -0.15) is 0 Å². The summed E-state index contributed by atoms with van der Waals surface area (Å²) in [7, 11) is -3.68. The fourth-order valence-electron chi connectivity index (χ4n) is 1.53. The van der Waals surface area contributed by atoms with Crippen LogP contribution in [0.3, 0.4) is 0 Å². The molecule has 0 fully saturated rings. The van der Waals surface area contributed by atoms with Crippen LogP contribution in [0.2, 0.25) is 0 Å². The normalized spacial score (nSPS) is 14.8. The summed E-state index contributed by atoms with van der Waals surface area (Å²) in [5.41, 5.74) is 0. The molecule has 0 aliphatic rings. The number of hydrogen-bond acceptors (Lipinski definition) is 4. The lowest BCUT2D eigenvalue weighted by atomic mass is 10.2. The second-order valence-corrected chi connectivity index (χ2v) is 6.66. The highest BCUT2D eigenvalue weighted by molar-refractivity contribution is 7.92. The summed E-state index contributed by atoms with van der Waals surface area (Å²) in [5, 5.41) is 11.2. The molecule has 0 radical (unpaired) electrons. The van der Waals surface area contributed by atoms with Crippen molar-refractivity contribution in [3.63, 3.8) is 0 Å². The van der Waals surface area contributed by atoms with Crippen LogP contribution in [0, 0.1) is 5.92 Å². The largest absolute Gasteiger partial charge is 0.481 e. The number of hydrogen-bond donors (Lipinski definition) is 2. The number of carboxylic acids is 1. The lowest BCUT2D eigenvalue weighted by molar-refractivity contribution is -0.140. The predicted molar refractivity (Wildman–Crippen MR) is 68.0 cm³/mol. The zero-order valence-electron chi connectivity index (χ0n) is 11.0. The minimum atomic E-state index is -3.68. The first kappa shape index (κ1) is 16.9. The van der Waals surface area contributed by atoms with E-state index >= 15 is 0 Å². The quantitative estimate of drug-likeness (QED) is 0.671. The summed E-state index contributed by atoms with van der Waals surface area (Å²) >= 11 is 0. The van der Waals surface area contributed by atoms with Crippen LogP contribution < -0.4 is 5.32 Å². The van der Waals surface area contributed by atoms with E-state index in [1.807, 2.05) is 6.92 Å². The van der Waals surface area contributed by atoms with E-state index in [4.69, 9.17) is 5.11 Å². The highest BCUT2D eigenvalue weighted by Gasteiger charge is 2.24. The van der Waals surface area contributed by atoms with Crippen LogP contribution in [0.15, 0.2) is 0 Å². The molecule has 0 spiro atoms. The monoisotopic (exact) mass is 279 g/mol. The average Bonchev–Trinajstić information content (AvgIpc) is 2.14. The van der Waals surface area contributed by atoms with Crippen LogP contribution in [0.5, 0.6) is 0 Å². The first-order chi connectivity index (χ1) is 8.18. The Hall–Kier alpha value is -1.11. The van der Waals surface area contributed by atoms with Crippen LogP contribution in [0.1, 0.15) is 33.6 Å². The summed E-state index contributed by atoms with van der Waals surface area (Å²) in [4.78, 5) is 22.0. The van der Waals surface area contributed by atoms with Gasteiger partial charge in [-0.1, -0.05) is 20.3 Å². The molecule has 18 heavy (non-hydrogen) atoms. The van der Waals surface area contributed by atoms with Crippen molar-refractivity contribution in [2.24, 2.45) is 5.92 Å². The smallest absolute Gasteiger partial charge is 0.307 e. The van der Waals surface area contributed by atoms with Gasteiger partial charge in [0.25, 0.3) is 0 Å². The van der Waals surface area contributed by atoms with Crippen molar-refractivity contribution < 1.29 is 23.1 Å². The first-order valence-electron chi connectivity index (χ1n) is 5.90. The zero-order valence-corrected chi connectivity index (χ0v) is 11.8. The Kier molecular flexibility index (Phi) is 6.90. The van der Waals surface area contributed by atoms with Crippen molar-refractivity contribution >= 4 is 21.7 Å². The Labute approximate surface area is 108 Å². The standard InChI is InChI=1S/C11H21NO5S/c1-4-5-9(3)12-10(13)7-18(16,17)6-8(2)11(14)15/h8-9H,4-7H2,1-3H3,(H,12,13)(H,14,15). The molecule has 106 valence electrons. The van der Waals surface area contributed by atoms with Crippen LogP contribution in [-0.2, 0) is 19.4 Å². The van der Waals surface area contributed by atoms with Gasteiger partial charge in [0.2, 0.25) is 5.91 Å². The van der Waals surface area contributed by atoms with Gasteiger partial charge in [0.1, 0.15) is 5.75 Å². The van der Waals surface area contributed by atoms with E-state index in [9.17, 15) is 18.0 Å². The fraction of sp³-hybridized carbons (Fsp3) is 0.818. The second kappa shape index (κ2) is 7.35. The molecule has 0 aromatic rings. The molecule has 2 unspecified atom stereocenters. The third-order valence-electron chi connectivity index (χ3n) is 2.41. The van der Waals surface area contributed by atoms with Crippen LogP contribution in [0.25, 0.3) is 0 Å². The number of amides is 1. The molecule has 0 aromatic carbocycles. The van der Waals surface area contributed by atoms with Crippen LogP contribution in [-0.4, -0.2) is 42.9 Å². The molecule has 0 saturated heterocycles. The third kappa shape index (κ3) is 7.26. The van der Waals surface area contributed by atoms with E-state index in [0.717, 1.165) is 12.8 Å². The molecule has 7 heteroatoms. The third-order valence-corrected chi connectivity index (χ3v) is 4.12. The summed E-state index contributed by atoms with van der Waals surface area (Å²) in [5.74, 6) is -3.93. The molecule has 0 aromatic heterocycles. The molecule has 0 rings (SSSR count). The fourth-order valence-corrected chi connectivity index (χ4v) is 3.04. The molecular formula is C11H21NO5S. The molecule has 0 bridgehead atoms. The highest BCUT2D eigenvalue weighted by Crippen LogP contribution is 2.03. The van der Waals surface area contributed by atoms with Gasteiger partial charge in [-0.25, -0.2) is 8.42 Å². The van der Waals surface area contributed by atoms with Crippen molar-refractivity contribution in [1.82, 2.24) is 5.32 Å². The van der Waals surface area contributed by atoms with E-state index in [0.29, 0.717) is 0 Å². The highest BCUT2D eigenvalue weighted by atomic mass is 32.2. The molecule has 0 saturated carbocycles. The van der Waals surface area contributed by atoms with Gasteiger partial charge < -0.3 is 10.4 Å². The Morgan fingerprint density at radius 2 is 1.83 bits per heavy atom. The van der Waals surface area contributed by atoms with Crippen molar-refractivity contribution in [3.05, 3.63) is 0 Å². The van der Waals surface area contributed by atoms with Crippen LogP contribution >= 0.6 is 0 Å². The van der Waals surface area contributed by atoms with E-state index in [1.54, 1.807) is 6.92 Å². The Bertz CT molecular complexity index is 390. The molecule has 0 heterocycles. The lowest BCUT2D eigenvalue weighted by Gasteiger charge is -2.13. The minimum absolute atomic E-state index is 0.0744. The van der Waals surface area contributed by atoms with Crippen LogP contribution in [0.4, 0.5) is 0 Å². The van der Waals surface area contributed by atoms with Crippen molar-refractivity contribution in [2.75, 3.05) is 11.5 Å². The predicted octanol–water partition coefficient (Wildman–Crippen LogP) is 0.427. The summed E-state index contributed by atoms with van der Waals surface area (Å²) < 4.78 is 23.1. The number of sulfone groups is 1. The van der Waals surface area contributed by atoms with E-state index in [1.165, 1.54) is 6.92 Å². The first-order valence-corrected chi connectivity index (χ1v) is 7.72. The van der Waals surface area contributed by atoms with E-state index in [2.05, 4.69) is 5.32 Å². The van der Waals surface area contributed by atoms with E-state index < -0.39 is 39.1 Å². The molecule has 2 N–H and O–H groups in total. The number of aliphatic carboxylic acids is 1. The SMILES string of the molecule is CCCC(C)NC(=O)CS(=O)(=O)CC(C)C(=O)O. The van der Waals surface area contributed by atoms with Gasteiger partial charge in [-0.3, -0.25) is 9.59 Å². The Morgan fingerprint density at radius 3 is 2.28 bits per heavy atom. The topological polar surface area (TPSA) is 101 Å². The maximum Gasteiger partial charge on any atom is 0.307 e. The van der Waals surface area contributed by atoms with Gasteiger partial charge in [-0.15, -0.1) is 0 Å². The number of carbonyl (C=O) groups excluding carboxylic acids is 1. The minimum Gasteiger partial charge on any atom is -0.481 e. The van der Waals surface area contributed by atoms with Gasteiger partial charge in [0, 0.05) is 6.04 Å². The molecule has 0 aliphatic carbocycles. The lowest BCUT2D eigenvalue weighted by Crippen LogP contribution is -2.38. The second-order valence-electron chi connectivity index (χ2n) is 4.55. The average molecular weight is 279 g/mol. The number of nitrogens with one attached hydrogen (secondary N) is 1. The maximum atomic E-state index is 11.6. The zero-order chi connectivity index (χ0) is 14.3. The number of carbonyl (C=O) groups is 2. The molecule has 6 nitrogen and oxygen atoms in total. The number of rotatable bonds is 8. The van der Waals surface area contributed by atoms with Gasteiger partial charge >= 0.3 is 5.97 Å². The van der Waals surface area contributed by atoms with Crippen molar-refractivity contribution in [3.8, 4) is 0 Å². The van der Waals surface area contributed by atoms with Crippen molar-refractivity contribution in [1.29, 1.82) is 0 Å².